The van der Waals surface area contributed by atoms with E-state index in [1.54, 1.807) is 12.1 Å². The van der Waals surface area contributed by atoms with Gasteiger partial charge in [-0.3, -0.25) is 9.59 Å². The highest BCUT2D eigenvalue weighted by molar-refractivity contribution is 5.96. The molecule has 23 heavy (non-hydrogen) atoms. The molecule has 4 N–H and O–H groups in total. The molecule has 0 aromatic heterocycles. The zero-order chi connectivity index (χ0) is 17.2. The zero-order valence-electron chi connectivity index (χ0n) is 12.7. The van der Waals surface area contributed by atoms with Gasteiger partial charge in [-0.2, -0.15) is 0 Å². The number of carbonyl (C=O) groups is 4. The number of urea groups is 1. The predicted molar refractivity (Wildman–Crippen MR) is 81.9 cm³/mol. The second kappa shape index (κ2) is 9.19. The molecule has 3 amide bonds. The molecule has 1 aromatic rings. The van der Waals surface area contributed by atoms with Gasteiger partial charge in [0, 0.05) is 18.7 Å². The SMILES string of the molecule is CCNC(=O)NCc1ccc(C(=O)N[C@H](C=O)CC(=O)O)cc1. The maximum Gasteiger partial charge on any atom is 0.315 e. The lowest BCUT2D eigenvalue weighted by Gasteiger charge is -2.11. The van der Waals surface area contributed by atoms with Gasteiger partial charge in [-0.25, -0.2) is 4.79 Å². The van der Waals surface area contributed by atoms with E-state index in [2.05, 4.69) is 16.0 Å². The Balaban J connectivity index is 2.58. The van der Waals surface area contributed by atoms with E-state index in [9.17, 15) is 19.2 Å². The van der Waals surface area contributed by atoms with E-state index in [1.165, 1.54) is 12.1 Å². The molecular formula is C15H19N3O5. The standard InChI is InChI=1S/C15H19N3O5/c1-2-16-15(23)17-8-10-3-5-11(6-4-10)14(22)18-12(9-19)7-13(20)21/h3-6,9,12H,2,7-8H2,1H3,(H,18,22)(H,20,21)(H2,16,17,23)/t12-/m0/s1. The second-order valence-electron chi connectivity index (χ2n) is 4.72. The fourth-order valence-electron chi connectivity index (χ4n) is 1.75. The molecule has 0 spiro atoms. The molecule has 8 nitrogen and oxygen atoms in total. The van der Waals surface area contributed by atoms with Crippen LogP contribution in [0.25, 0.3) is 0 Å². The Kier molecular flexibility index (Phi) is 7.25. The summed E-state index contributed by atoms with van der Waals surface area (Å²) >= 11 is 0. The van der Waals surface area contributed by atoms with Crippen LogP contribution in [0.2, 0.25) is 0 Å². The van der Waals surface area contributed by atoms with Gasteiger partial charge in [-0.15, -0.1) is 0 Å². The van der Waals surface area contributed by atoms with Crippen LogP contribution in [-0.4, -0.2) is 41.9 Å². The van der Waals surface area contributed by atoms with Gasteiger partial charge < -0.3 is 25.9 Å². The van der Waals surface area contributed by atoms with Crippen molar-refractivity contribution < 1.29 is 24.3 Å². The van der Waals surface area contributed by atoms with Crippen LogP contribution in [0.5, 0.6) is 0 Å². The highest BCUT2D eigenvalue weighted by Crippen LogP contribution is 2.05. The largest absolute Gasteiger partial charge is 0.481 e. The first-order valence-corrected chi connectivity index (χ1v) is 7.04. The molecule has 0 saturated carbocycles. The van der Waals surface area contributed by atoms with Crippen molar-refractivity contribution in [3.8, 4) is 0 Å². The molecule has 0 fully saturated rings. The topological polar surface area (TPSA) is 125 Å². The lowest BCUT2D eigenvalue weighted by atomic mass is 10.1. The Hall–Kier alpha value is -2.90. The van der Waals surface area contributed by atoms with Gasteiger partial charge in [-0.1, -0.05) is 12.1 Å². The first-order valence-electron chi connectivity index (χ1n) is 7.04. The predicted octanol–water partition coefficient (Wildman–Crippen LogP) is 0.278. The van der Waals surface area contributed by atoms with Crippen LogP contribution in [0.1, 0.15) is 29.3 Å². The maximum atomic E-state index is 11.9. The minimum Gasteiger partial charge on any atom is -0.481 e. The first kappa shape index (κ1) is 18.1. The number of rotatable bonds is 8. The number of hydrogen-bond acceptors (Lipinski definition) is 4. The summed E-state index contributed by atoms with van der Waals surface area (Å²) in [7, 11) is 0. The Morgan fingerprint density at radius 1 is 1.17 bits per heavy atom. The Morgan fingerprint density at radius 2 is 1.83 bits per heavy atom. The van der Waals surface area contributed by atoms with E-state index in [0.29, 0.717) is 24.9 Å². The fourth-order valence-corrected chi connectivity index (χ4v) is 1.75. The monoisotopic (exact) mass is 321 g/mol. The molecular weight excluding hydrogens is 302 g/mol. The van der Waals surface area contributed by atoms with Gasteiger partial charge >= 0.3 is 12.0 Å². The van der Waals surface area contributed by atoms with E-state index >= 15 is 0 Å². The molecule has 0 heterocycles. The van der Waals surface area contributed by atoms with Crippen LogP contribution in [0.3, 0.4) is 0 Å². The summed E-state index contributed by atoms with van der Waals surface area (Å²) in [6.07, 6.45) is -0.0829. The number of carbonyl (C=O) groups excluding carboxylic acids is 3. The fraction of sp³-hybridized carbons (Fsp3) is 0.333. The van der Waals surface area contributed by atoms with Gasteiger partial charge in [0.1, 0.15) is 6.29 Å². The van der Waals surface area contributed by atoms with Crippen molar-refractivity contribution in [2.75, 3.05) is 6.54 Å². The highest BCUT2D eigenvalue weighted by atomic mass is 16.4. The highest BCUT2D eigenvalue weighted by Gasteiger charge is 2.16. The van der Waals surface area contributed by atoms with Crippen molar-refractivity contribution >= 4 is 24.2 Å². The molecule has 0 unspecified atom stereocenters. The van der Waals surface area contributed by atoms with E-state index in [-0.39, 0.29) is 6.03 Å². The molecule has 124 valence electrons. The van der Waals surface area contributed by atoms with Crippen molar-refractivity contribution in [3.05, 3.63) is 35.4 Å². The van der Waals surface area contributed by atoms with Crippen LogP contribution in [0.15, 0.2) is 24.3 Å². The summed E-state index contributed by atoms with van der Waals surface area (Å²) in [5, 5.41) is 16.2. The molecule has 0 bridgehead atoms. The van der Waals surface area contributed by atoms with Gasteiger partial charge in [0.2, 0.25) is 0 Å². The van der Waals surface area contributed by atoms with Crippen molar-refractivity contribution in [2.45, 2.75) is 25.9 Å². The van der Waals surface area contributed by atoms with Gasteiger partial charge in [0.25, 0.3) is 5.91 Å². The average Bonchev–Trinajstić information content (AvgIpc) is 2.52. The smallest absolute Gasteiger partial charge is 0.315 e. The zero-order valence-corrected chi connectivity index (χ0v) is 12.7. The van der Waals surface area contributed by atoms with Crippen molar-refractivity contribution in [1.29, 1.82) is 0 Å². The number of benzene rings is 1. The van der Waals surface area contributed by atoms with E-state index in [1.807, 2.05) is 6.92 Å². The van der Waals surface area contributed by atoms with Crippen molar-refractivity contribution in [2.24, 2.45) is 0 Å². The second-order valence-corrected chi connectivity index (χ2v) is 4.72. The molecule has 1 atom stereocenters. The van der Waals surface area contributed by atoms with Crippen LogP contribution in [0, 0.1) is 0 Å². The van der Waals surface area contributed by atoms with Crippen molar-refractivity contribution in [1.82, 2.24) is 16.0 Å². The first-order chi connectivity index (χ1) is 11.0. The van der Waals surface area contributed by atoms with Crippen molar-refractivity contribution in [3.63, 3.8) is 0 Å². The minimum atomic E-state index is -1.17. The van der Waals surface area contributed by atoms with E-state index in [0.717, 1.165) is 5.56 Å². The number of hydrogen-bond donors (Lipinski definition) is 4. The number of aldehydes is 1. The number of amides is 3. The Morgan fingerprint density at radius 3 is 2.35 bits per heavy atom. The van der Waals surface area contributed by atoms with Gasteiger partial charge in [0.15, 0.2) is 0 Å². The molecule has 0 saturated heterocycles. The number of carboxylic acid groups (broad SMARTS) is 1. The van der Waals surface area contributed by atoms with Gasteiger partial charge in [-0.05, 0) is 24.6 Å². The normalized spacial score (nSPS) is 11.2. The summed E-state index contributed by atoms with van der Waals surface area (Å²) in [6, 6.07) is 5.04. The molecule has 8 heteroatoms. The summed E-state index contributed by atoms with van der Waals surface area (Å²) in [5.74, 6) is -1.71. The van der Waals surface area contributed by atoms with E-state index in [4.69, 9.17) is 5.11 Å². The molecule has 0 aliphatic rings. The minimum absolute atomic E-state index is 0.281. The van der Waals surface area contributed by atoms with Crippen LogP contribution in [0.4, 0.5) is 4.79 Å². The van der Waals surface area contributed by atoms with Crippen LogP contribution >= 0.6 is 0 Å². The van der Waals surface area contributed by atoms with Gasteiger partial charge in [0.05, 0.1) is 12.5 Å². The summed E-state index contributed by atoms with van der Waals surface area (Å²) < 4.78 is 0. The number of aliphatic carboxylic acids is 1. The molecule has 1 aromatic carbocycles. The third-order valence-corrected chi connectivity index (χ3v) is 2.88. The summed E-state index contributed by atoms with van der Waals surface area (Å²) in [6.45, 7) is 2.65. The molecule has 0 aliphatic carbocycles. The average molecular weight is 321 g/mol. The quantitative estimate of drug-likeness (QED) is 0.512. The number of nitrogens with one attached hydrogen (secondary N) is 3. The molecule has 1 rings (SSSR count). The lowest BCUT2D eigenvalue weighted by Crippen LogP contribution is -2.37. The third kappa shape index (κ3) is 6.60. The summed E-state index contributed by atoms with van der Waals surface area (Å²) in [5.41, 5.74) is 1.09. The maximum absolute atomic E-state index is 11.9. The molecule has 0 aliphatic heterocycles. The van der Waals surface area contributed by atoms with E-state index < -0.39 is 24.3 Å². The third-order valence-electron chi connectivity index (χ3n) is 2.88. The Labute approximate surface area is 133 Å². The Bertz CT molecular complexity index is 571. The number of carboxylic acids is 1. The lowest BCUT2D eigenvalue weighted by molar-refractivity contribution is -0.138. The summed E-state index contributed by atoms with van der Waals surface area (Å²) in [4.78, 5) is 44.5. The van der Waals surface area contributed by atoms with Crippen LogP contribution in [-0.2, 0) is 16.1 Å². The molecule has 0 radical (unpaired) electrons. The van der Waals surface area contributed by atoms with Crippen LogP contribution < -0.4 is 16.0 Å².